The summed E-state index contributed by atoms with van der Waals surface area (Å²) in [5.74, 6) is -1.79. The summed E-state index contributed by atoms with van der Waals surface area (Å²) in [5.41, 5.74) is -6.58. The van der Waals surface area contributed by atoms with Gasteiger partial charge in [0.2, 0.25) is 5.91 Å². The van der Waals surface area contributed by atoms with Gasteiger partial charge in [-0.3, -0.25) is 4.79 Å². The number of rotatable bonds is 7. The molecular formula is C20H22F6N2O5. The molecule has 1 aromatic rings. The van der Waals surface area contributed by atoms with Crippen molar-refractivity contribution >= 4 is 23.3 Å². The molecule has 1 unspecified atom stereocenters. The summed E-state index contributed by atoms with van der Waals surface area (Å²) in [6.45, 7) is 4.61. The van der Waals surface area contributed by atoms with Crippen molar-refractivity contribution < 1.29 is 50.6 Å². The highest BCUT2D eigenvalue weighted by molar-refractivity contribution is 6.36. The smallest absolute Gasteiger partial charge is 0.430 e. The first-order chi connectivity index (χ1) is 15.1. The Morgan fingerprint density at radius 2 is 1.70 bits per heavy atom. The number of hydrogen-bond donors (Lipinski definition) is 1. The van der Waals surface area contributed by atoms with Gasteiger partial charge >= 0.3 is 18.3 Å². The summed E-state index contributed by atoms with van der Waals surface area (Å²) >= 11 is 0. The predicted octanol–water partition coefficient (Wildman–Crippen LogP) is 3.70. The highest BCUT2D eigenvalue weighted by Gasteiger charge is 2.71. The van der Waals surface area contributed by atoms with Gasteiger partial charge in [0.25, 0.3) is 5.60 Å². The van der Waals surface area contributed by atoms with Gasteiger partial charge in [0.1, 0.15) is 0 Å². The van der Waals surface area contributed by atoms with E-state index in [0.717, 1.165) is 17.0 Å². The molecule has 0 aliphatic carbocycles. The number of oxime groups is 1. The predicted molar refractivity (Wildman–Crippen MR) is 103 cm³/mol. The average Bonchev–Trinajstić information content (AvgIpc) is 3.18. The number of esters is 1. The highest BCUT2D eigenvalue weighted by atomic mass is 19.4. The molecule has 0 radical (unpaired) electrons. The van der Waals surface area contributed by atoms with Crippen molar-refractivity contribution in [1.82, 2.24) is 0 Å². The number of carbonyl (C=O) groups excluding carboxylic acids is 2. The average molecular weight is 484 g/mol. The molecule has 1 heterocycles. The van der Waals surface area contributed by atoms with Crippen LogP contribution in [0.1, 0.15) is 32.8 Å². The lowest BCUT2D eigenvalue weighted by Gasteiger charge is -2.33. The molecule has 7 nitrogen and oxygen atoms in total. The maximum absolute atomic E-state index is 13.1. The zero-order valence-electron chi connectivity index (χ0n) is 17.8. The van der Waals surface area contributed by atoms with Crippen LogP contribution in [-0.2, 0) is 24.8 Å². The van der Waals surface area contributed by atoms with Crippen molar-refractivity contribution in [2.75, 3.05) is 18.1 Å². The summed E-state index contributed by atoms with van der Waals surface area (Å²) < 4.78 is 83.4. The fourth-order valence-electron chi connectivity index (χ4n) is 3.07. The number of amides is 1. The van der Waals surface area contributed by atoms with Gasteiger partial charge in [-0.25, -0.2) is 4.79 Å². The first-order valence-electron chi connectivity index (χ1n) is 9.81. The first kappa shape index (κ1) is 26.4. The molecule has 0 aromatic heterocycles. The van der Waals surface area contributed by atoms with Crippen LogP contribution < -0.4 is 4.90 Å². The van der Waals surface area contributed by atoms with Gasteiger partial charge < -0.3 is 19.6 Å². The molecule has 1 aromatic carbocycles. The van der Waals surface area contributed by atoms with E-state index < -0.39 is 47.4 Å². The molecule has 0 bridgehead atoms. The normalized spacial score (nSPS) is 16.9. The molecule has 0 saturated heterocycles. The van der Waals surface area contributed by atoms with Crippen LogP contribution in [0.5, 0.6) is 0 Å². The molecule has 0 fully saturated rings. The topological polar surface area (TPSA) is 88.4 Å². The molecule has 1 aliphatic rings. The lowest BCUT2D eigenvalue weighted by molar-refractivity contribution is -0.376. The molecule has 0 saturated carbocycles. The van der Waals surface area contributed by atoms with E-state index in [4.69, 9.17) is 9.57 Å². The van der Waals surface area contributed by atoms with Crippen LogP contribution in [0.2, 0.25) is 0 Å². The number of hydrogen-bond acceptors (Lipinski definition) is 6. The Morgan fingerprint density at radius 1 is 1.15 bits per heavy atom. The van der Waals surface area contributed by atoms with Crippen LogP contribution in [0, 0.1) is 5.92 Å². The Labute approximate surface area is 184 Å². The summed E-state index contributed by atoms with van der Waals surface area (Å²) in [7, 11) is 0. The van der Waals surface area contributed by atoms with Crippen molar-refractivity contribution in [3.05, 3.63) is 29.8 Å². The molecule has 1 N–H and O–H groups in total. The van der Waals surface area contributed by atoms with Crippen LogP contribution >= 0.6 is 0 Å². The zero-order chi connectivity index (χ0) is 25.2. The summed E-state index contributed by atoms with van der Waals surface area (Å²) in [6, 6.07) is 2.63. The second kappa shape index (κ2) is 9.57. The number of aliphatic hydroxyl groups is 1. The molecular weight excluding hydrogens is 462 g/mol. The van der Waals surface area contributed by atoms with Gasteiger partial charge in [0.15, 0.2) is 11.8 Å². The van der Waals surface area contributed by atoms with Crippen LogP contribution in [0.3, 0.4) is 0 Å². The van der Waals surface area contributed by atoms with Crippen molar-refractivity contribution in [2.24, 2.45) is 11.1 Å². The molecule has 13 heteroatoms. The fraction of sp³-hybridized carbons (Fsp3) is 0.550. The SMILES string of the molecule is CCOC(=O)C1=NOC(CN(C(=O)C(C)C)c2ccc(C(O)(C(F)(F)F)C(F)(F)F)cc2)C1. The van der Waals surface area contributed by atoms with Gasteiger partial charge in [-0.05, 0) is 19.1 Å². The minimum Gasteiger partial charge on any atom is -0.461 e. The molecule has 2 rings (SSSR count). The first-order valence-corrected chi connectivity index (χ1v) is 9.81. The van der Waals surface area contributed by atoms with Crippen molar-refractivity contribution in [1.29, 1.82) is 0 Å². The van der Waals surface area contributed by atoms with Gasteiger partial charge in [-0.2, -0.15) is 26.3 Å². The van der Waals surface area contributed by atoms with E-state index in [1.807, 2.05) is 0 Å². The summed E-state index contributed by atoms with van der Waals surface area (Å²) in [4.78, 5) is 30.7. The monoisotopic (exact) mass is 484 g/mol. The third kappa shape index (κ3) is 5.40. The molecule has 33 heavy (non-hydrogen) atoms. The Kier molecular flexibility index (Phi) is 7.67. The Balaban J connectivity index is 2.32. The summed E-state index contributed by atoms with van der Waals surface area (Å²) in [6.07, 6.45) is -12.9. The maximum Gasteiger partial charge on any atom is 0.430 e. The third-order valence-corrected chi connectivity index (χ3v) is 4.81. The number of ether oxygens (including phenoxy) is 1. The lowest BCUT2D eigenvalue weighted by atomic mass is 9.92. The number of alkyl halides is 6. The minimum atomic E-state index is -6.03. The number of nitrogens with zero attached hydrogens (tertiary/aromatic N) is 2. The third-order valence-electron chi connectivity index (χ3n) is 4.81. The minimum absolute atomic E-state index is 0.0132. The standard InChI is InChI=1S/C20H22F6N2O5/c1-4-32-17(30)15-9-14(33-27-15)10-28(16(29)11(2)3)13-7-5-12(6-8-13)18(31,19(21,22)23)20(24,25)26/h5-8,11,14,31H,4,9-10H2,1-3H3. The van der Waals surface area contributed by atoms with Gasteiger partial charge in [-0.1, -0.05) is 31.1 Å². The highest BCUT2D eigenvalue weighted by Crippen LogP contribution is 2.50. The van der Waals surface area contributed by atoms with E-state index in [1.54, 1.807) is 20.8 Å². The van der Waals surface area contributed by atoms with E-state index in [2.05, 4.69) is 5.16 Å². The van der Waals surface area contributed by atoms with E-state index in [0.29, 0.717) is 12.1 Å². The van der Waals surface area contributed by atoms with Crippen LogP contribution in [0.25, 0.3) is 0 Å². The largest absolute Gasteiger partial charge is 0.461 e. The van der Waals surface area contributed by atoms with E-state index in [1.165, 1.54) is 0 Å². The number of halogens is 6. The van der Waals surface area contributed by atoms with Crippen molar-refractivity contribution in [3.8, 4) is 0 Å². The molecule has 1 atom stereocenters. The second-order valence-electron chi connectivity index (χ2n) is 7.55. The van der Waals surface area contributed by atoms with Crippen molar-refractivity contribution in [3.63, 3.8) is 0 Å². The van der Waals surface area contributed by atoms with E-state index in [9.17, 15) is 41.0 Å². The Hall–Kier alpha value is -2.83. The van der Waals surface area contributed by atoms with Gasteiger partial charge in [0, 0.05) is 23.6 Å². The molecule has 1 amide bonds. The van der Waals surface area contributed by atoms with Gasteiger partial charge in [-0.15, -0.1) is 0 Å². The van der Waals surface area contributed by atoms with Crippen LogP contribution in [-0.4, -0.2) is 54.3 Å². The summed E-state index contributed by atoms with van der Waals surface area (Å²) in [5, 5.41) is 13.1. The quantitative estimate of drug-likeness (QED) is 0.471. The van der Waals surface area contributed by atoms with Crippen molar-refractivity contribution in [2.45, 2.75) is 51.2 Å². The van der Waals surface area contributed by atoms with Crippen LogP contribution in [0.15, 0.2) is 29.4 Å². The van der Waals surface area contributed by atoms with E-state index in [-0.39, 0.29) is 31.0 Å². The number of benzene rings is 1. The molecule has 184 valence electrons. The number of anilines is 1. The van der Waals surface area contributed by atoms with Gasteiger partial charge in [0.05, 0.1) is 13.2 Å². The Bertz CT molecular complexity index is 882. The zero-order valence-corrected chi connectivity index (χ0v) is 17.8. The lowest BCUT2D eigenvalue weighted by Crippen LogP contribution is -2.53. The maximum atomic E-state index is 13.1. The number of carbonyl (C=O) groups is 2. The van der Waals surface area contributed by atoms with E-state index >= 15 is 0 Å². The fourth-order valence-corrected chi connectivity index (χ4v) is 3.07. The van der Waals surface area contributed by atoms with Crippen LogP contribution in [0.4, 0.5) is 32.0 Å². The molecule has 1 aliphatic heterocycles. The molecule has 0 spiro atoms. The Morgan fingerprint density at radius 3 is 2.15 bits per heavy atom. The second-order valence-corrected chi connectivity index (χ2v) is 7.55.